The molecule has 2 N–H and O–H groups in total. The van der Waals surface area contributed by atoms with Gasteiger partial charge in [0.15, 0.2) is 0 Å². The summed E-state index contributed by atoms with van der Waals surface area (Å²) in [4.78, 5) is 14.2. The monoisotopic (exact) mass is 256 g/mol. The molecular formula is C14H28N2O2. The molecule has 0 heterocycles. The van der Waals surface area contributed by atoms with Gasteiger partial charge in [-0.3, -0.25) is 4.79 Å². The molecule has 1 fully saturated rings. The normalized spacial score (nSPS) is 15.8. The lowest BCUT2D eigenvalue weighted by atomic mass is 9.81. The summed E-state index contributed by atoms with van der Waals surface area (Å²) in [6, 6.07) is 0. The quantitative estimate of drug-likeness (QED) is 0.638. The molecule has 4 heteroatoms. The summed E-state index contributed by atoms with van der Waals surface area (Å²) in [7, 11) is 1.85. The third-order valence-electron chi connectivity index (χ3n) is 4.17. The van der Waals surface area contributed by atoms with Gasteiger partial charge < -0.3 is 15.4 Å². The minimum atomic E-state index is -0.384. The maximum absolute atomic E-state index is 12.4. The van der Waals surface area contributed by atoms with Crippen LogP contribution in [-0.2, 0) is 9.53 Å². The Labute approximate surface area is 111 Å². The summed E-state index contributed by atoms with van der Waals surface area (Å²) in [5.74, 6) is 0.936. The lowest BCUT2D eigenvalue weighted by Crippen LogP contribution is -2.47. The molecule has 0 aromatic rings. The molecule has 0 unspecified atom stereocenters. The molecule has 0 saturated heterocycles. The van der Waals surface area contributed by atoms with E-state index in [9.17, 15) is 4.79 Å². The molecule has 18 heavy (non-hydrogen) atoms. The van der Waals surface area contributed by atoms with Crippen LogP contribution in [0.3, 0.4) is 0 Å². The van der Waals surface area contributed by atoms with E-state index in [1.54, 1.807) is 4.90 Å². The lowest BCUT2D eigenvalue weighted by molar-refractivity contribution is -0.141. The van der Waals surface area contributed by atoms with Crippen LogP contribution >= 0.6 is 0 Å². The largest absolute Gasteiger partial charge is 0.379 e. The van der Waals surface area contributed by atoms with E-state index in [-0.39, 0.29) is 11.3 Å². The Bertz CT molecular complexity index is 252. The van der Waals surface area contributed by atoms with Gasteiger partial charge in [0.2, 0.25) is 5.91 Å². The first-order chi connectivity index (χ1) is 8.59. The predicted molar refractivity (Wildman–Crippen MR) is 73.2 cm³/mol. The van der Waals surface area contributed by atoms with E-state index < -0.39 is 0 Å². The number of rotatable bonds is 9. The van der Waals surface area contributed by atoms with Crippen molar-refractivity contribution in [3.63, 3.8) is 0 Å². The lowest BCUT2D eigenvalue weighted by Gasteiger charge is -2.33. The van der Waals surface area contributed by atoms with Gasteiger partial charge in [0.25, 0.3) is 0 Å². The second-order valence-electron chi connectivity index (χ2n) is 5.44. The standard InChI is InChI=1S/C14H28N2O2/c1-4-14(5-2,11-15)13(17)16(3)8-9-18-10-12-6-7-12/h12H,4-11,15H2,1-3H3. The molecule has 1 aliphatic rings. The number of carbonyl (C=O) groups is 1. The van der Waals surface area contributed by atoms with Gasteiger partial charge in [-0.05, 0) is 31.6 Å². The molecule has 0 spiro atoms. The number of likely N-dealkylation sites (N-methyl/N-ethyl adjacent to an activating group) is 1. The molecule has 0 aliphatic heterocycles. The number of hydrogen-bond acceptors (Lipinski definition) is 3. The van der Waals surface area contributed by atoms with Gasteiger partial charge in [0, 0.05) is 26.7 Å². The Morgan fingerprint density at radius 3 is 2.44 bits per heavy atom. The van der Waals surface area contributed by atoms with Gasteiger partial charge in [-0.2, -0.15) is 0 Å². The van der Waals surface area contributed by atoms with Crippen molar-refractivity contribution in [3.05, 3.63) is 0 Å². The third kappa shape index (κ3) is 3.95. The van der Waals surface area contributed by atoms with Crippen molar-refractivity contribution in [1.82, 2.24) is 4.90 Å². The van der Waals surface area contributed by atoms with Crippen molar-refractivity contribution >= 4 is 5.91 Å². The van der Waals surface area contributed by atoms with E-state index in [0.717, 1.165) is 25.4 Å². The first kappa shape index (κ1) is 15.4. The second kappa shape index (κ2) is 7.10. The van der Waals surface area contributed by atoms with Gasteiger partial charge >= 0.3 is 0 Å². The molecule has 0 radical (unpaired) electrons. The van der Waals surface area contributed by atoms with Crippen LogP contribution in [0.25, 0.3) is 0 Å². The Morgan fingerprint density at radius 2 is 2.00 bits per heavy atom. The summed E-state index contributed by atoms with van der Waals surface area (Å²) in [5.41, 5.74) is 5.41. The fourth-order valence-corrected chi connectivity index (χ4v) is 2.17. The Morgan fingerprint density at radius 1 is 1.39 bits per heavy atom. The molecule has 0 atom stereocenters. The summed E-state index contributed by atoms with van der Waals surface area (Å²) >= 11 is 0. The van der Waals surface area contributed by atoms with Crippen LogP contribution in [0.5, 0.6) is 0 Å². The van der Waals surface area contributed by atoms with Crippen LogP contribution in [0.15, 0.2) is 0 Å². The Hall–Kier alpha value is -0.610. The molecular weight excluding hydrogens is 228 g/mol. The first-order valence-corrected chi connectivity index (χ1v) is 7.13. The zero-order valence-electron chi connectivity index (χ0n) is 12.1. The minimum absolute atomic E-state index is 0.157. The van der Waals surface area contributed by atoms with E-state index >= 15 is 0 Å². The zero-order chi connectivity index (χ0) is 13.6. The molecule has 106 valence electrons. The molecule has 0 aromatic heterocycles. The third-order valence-corrected chi connectivity index (χ3v) is 4.17. The molecule has 4 nitrogen and oxygen atoms in total. The van der Waals surface area contributed by atoms with Gasteiger partial charge in [0.05, 0.1) is 12.0 Å². The van der Waals surface area contributed by atoms with E-state index in [1.165, 1.54) is 12.8 Å². The Kier molecular flexibility index (Phi) is 6.09. The first-order valence-electron chi connectivity index (χ1n) is 7.13. The van der Waals surface area contributed by atoms with Crippen molar-refractivity contribution in [1.29, 1.82) is 0 Å². The summed E-state index contributed by atoms with van der Waals surface area (Å²) in [5, 5.41) is 0. The highest BCUT2D eigenvalue weighted by Gasteiger charge is 2.35. The highest BCUT2D eigenvalue weighted by molar-refractivity contribution is 5.82. The number of nitrogens with zero attached hydrogens (tertiary/aromatic N) is 1. The zero-order valence-corrected chi connectivity index (χ0v) is 12.1. The van der Waals surface area contributed by atoms with Crippen LogP contribution in [0.2, 0.25) is 0 Å². The van der Waals surface area contributed by atoms with Crippen molar-refractivity contribution in [2.24, 2.45) is 17.1 Å². The summed E-state index contributed by atoms with van der Waals surface area (Å²) < 4.78 is 5.57. The molecule has 1 amide bonds. The maximum Gasteiger partial charge on any atom is 0.229 e. The van der Waals surface area contributed by atoms with Crippen LogP contribution in [0.1, 0.15) is 39.5 Å². The number of amides is 1. The summed E-state index contributed by atoms with van der Waals surface area (Å²) in [6.07, 6.45) is 4.20. The fourth-order valence-electron chi connectivity index (χ4n) is 2.17. The highest BCUT2D eigenvalue weighted by Crippen LogP contribution is 2.29. The SMILES string of the molecule is CCC(CC)(CN)C(=O)N(C)CCOCC1CC1. The van der Waals surface area contributed by atoms with Crippen molar-refractivity contribution in [3.8, 4) is 0 Å². The van der Waals surface area contributed by atoms with Crippen LogP contribution in [0, 0.1) is 11.3 Å². The van der Waals surface area contributed by atoms with Crippen molar-refractivity contribution in [2.75, 3.05) is 33.4 Å². The average molecular weight is 256 g/mol. The van der Waals surface area contributed by atoms with E-state index in [0.29, 0.717) is 19.7 Å². The van der Waals surface area contributed by atoms with Crippen LogP contribution in [-0.4, -0.2) is 44.2 Å². The van der Waals surface area contributed by atoms with E-state index in [2.05, 4.69) is 0 Å². The highest BCUT2D eigenvalue weighted by atomic mass is 16.5. The predicted octanol–water partition coefficient (Wildman–Crippen LogP) is 1.64. The number of hydrogen-bond donors (Lipinski definition) is 1. The van der Waals surface area contributed by atoms with Gasteiger partial charge in [0.1, 0.15) is 0 Å². The summed E-state index contributed by atoms with van der Waals surface area (Å²) in [6.45, 7) is 6.63. The van der Waals surface area contributed by atoms with Gasteiger partial charge in [-0.25, -0.2) is 0 Å². The number of carbonyl (C=O) groups excluding carboxylic acids is 1. The van der Waals surface area contributed by atoms with E-state index in [1.807, 2.05) is 20.9 Å². The van der Waals surface area contributed by atoms with Gasteiger partial charge in [-0.1, -0.05) is 13.8 Å². The van der Waals surface area contributed by atoms with Crippen molar-refractivity contribution < 1.29 is 9.53 Å². The maximum atomic E-state index is 12.4. The van der Waals surface area contributed by atoms with E-state index in [4.69, 9.17) is 10.5 Å². The number of ether oxygens (including phenoxy) is 1. The smallest absolute Gasteiger partial charge is 0.229 e. The topological polar surface area (TPSA) is 55.6 Å². The molecule has 0 bridgehead atoms. The molecule has 1 saturated carbocycles. The Balaban J connectivity index is 2.32. The molecule has 1 rings (SSSR count). The van der Waals surface area contributed by atoms with Crippen LogP contribution in [0.4, 0.5) is 0 Å². The minimum Gasteiger partial charge on any atom is -0.379 e. The molecule has 0 aromatic carbocycles. The fraction of sp³-hybridized carbons (Fsp3) is 0.929. The number of nitrogens with two attached hydrogens (primary N) is 1. The van der Waals surface area contributed by atoms with Gasteiger partial charge in [-0.15, -0.1) is 0 Å². The average Bonchev–Trinajstić information content (AvgIpc) is 3.21. The second-order valence-corrected chi connectivity index (χ2v) is 5.44. The molecule has 1 aliphatic carbocycles. The van der Waals surface area contributed by atoms with Crippen LogP contribution < -0.4 is 5.73 Å². The van der Waals surface area contributed by atoms with Crippen molar-refractivity contribution in [2.45, 2.75) is 39.5 Å².